The Labute approximate surface area is 207 Å². The summed E-state index contributed by atoms with van der Waals surface area (Å²) < 4.78 is 10.7. The van der Waals surface area contributed by atoms with Crippen molar-refractivity contribution in [2.45, 2.75) is 12.1 Å². The first kappa shape index (κ1) is 22.0. The van der Waals surface area contributed by atoms with E-state index in [2.05, 4.69) is 5.10 Å². The molecule has 8 heteroatoms. The van der Waals surface area contributed by atoms with Gasteiger partial charge in [0.05, 0.1) is 37.8 Å². The highest BCUT2D eigenvalue weighted by atomic mass is 16.5. The minimum Gasteiger partial charge on any atom is -0.493 e. The molecule has 0 unspecified atom stereocenters. The topological polar surface area (TPSA) is 88.5 Å². The van der Waals surface area contributed by atoms with Gasteiger partial charge in [-0.3, -0.25) is 19.4 Å². The molecule has 0 N–H and O–H groups in total. The van der Waals surface area contributed by atoms with Crippen LogP contribution in [-0.2, 0) is 9.59 Å². The normalized spacial score (nSPS) is 24.3. The summed E-state index contributed by atoms with van der Waals surface area (Å²) in [6, 6.07) is 16.6. The number of hydrazone groups is 1. The number of rotatable bonds is 5. The molecule has 180 valence electrons. The van der Waals surface area contributed by atoms with Crippen LogP contribution in [0, 0.1) is 11.8 Å². The van der Waals surface area contributed by atoms with Gasteiger partial charge >= 0.3 is 0 Å². The number of hydrogen-bond donors (Lipinski definition) is 0. The predicted molar refractivity (Wildman–Crippen MR) is 134 cm³/mol. The molecule has 0 aromatic heterocycles. The predicted octanol–water partition coefficient (Wildman–Crippen LogP) is 3.45. The molecule has 0 spiro atoms. The van der Waals surface area contributed by atoms with E-state index in [0.29, 0.717) is 22.7 Å². The van der Waals surface area contributed by atoms with Crippen molar-refractivity contribution in [2.24, 2.45) is 16.9 Å². The van der Waals surface area contributed by atoms with Crippen molar-refractivity contribution in [3.05, 3.63) is 78.4 Å². The number of methoxy groups -OCH3 is 2. The molecule has 2 amide bonds. The number of ether oxygens (including phenoxy) is 2. The zero-order valence-electron chi connectivity index (χ0n) is 19.7. The average molecular weight is 482 g/mol. The second-order valence-corrected chi connectivity index (χ2v) is 8.96. The number of nitrogens with zero attached hydrogens (tertiary/aromatic N) is 3. The van der Waals surface area contributed by atoms with Crippen molar-refractivity contribution in [3.8, 4) is 11.5 Å². The number of Topliss-reactive ketones (excluding diaryl/α,β-unsaturated/α-hetero) is 1. The molecule has 36 heavy (non-hydrogen) atoms. The summed E-state index contributed by atoms with van der Waals surface area (Å²) in [5.74, 6) is -1.71. The molecule has 8 nitrogen and oxygen atoms in total. The SMILES string of the molecule is COc1ccc(C(=O)[C@H]2[C@H]3C(=O)N(c4cccc5ccccc45)C(=O)[C@@H]3[C@H]3C=CC=NN32)cc1OC. The fraction of sp³-hybridized carbons (Fsp3) is 0.214. The first-order valence-corrected chi connectivity index (χ1v) is 11.7. The van der Waals surface area contributed by atoms with Gasteiger partial charge in [0.2, 0.25) is 11.8 Å². The first-order chi connectivity index (χ1) is 17.5. The molecular formula is C28H23N3O5. The second kappa shape index (κ2) is 8.34. The number of amides is 2. The zero-order valence-corrected chi connectivity index (χ0v) is 19.7. The van der Waals surface area contributed by atoms with Crippen LogP contribution < -0.4 is 14.4 Å². The number of fused-ring (bicyclic) bond motifs is 4. The molecule has 2 fully saturated rings. The largest absolute Gasteiger partial charge is 0.493 e. The number of allylic oxidation sites excluding steroid dienone is 1. The summed E-state index contributed by atoms with van der Waals surface area (Å²) in [6.45, 7) is 0. The van der Waals surface area contributed by atoms with E-state index in [1.165, 1.54) is 19.1 Å². The molecule has 4 atom stereocenters. The third kappa shape index (κ3) is 3.07. The Morgan fingerprint density at radius 2 is 1.64 bits per heavy atom. The Kier molecular flexibility index (Phi) is 5.10. The van der Waals surface area contributed by atoms with E-state index in [4.69, 9.17) is 9.47 Å². The minimum atomic E-state index is -0.935. The van der Waals surface area contributed by atoms with E-state index in [-0.39, 0.29) is 11.7 Å². The van der Waals surface area contributed by atoms with Gasteiger partial charge in [0, 0.05) is 17.2 Å². The van der Waals surface area contributed by atoms with Crippen LogP contribution in [0.1, 0.15) is 10.4 Å². The lowest BCUT2D eigenvalue weighted by atomic mass is 9.86. The van der Waals surface area contributed by atoms with Crippen molar-refractivity contribution >= 4 is 40.3 Å². The summed E-state index contributed by atoms with van der Waals surface area (Å²) in [4.78, 5) is 43.0. The van der Waals surface area contributed by atoms with Gasteiger partial charge in [-0.1, -0.05) is 42.5 Å². The molecule has 0 radical (unpaired) electrons. The van der Waals surface area contributed by atoms with Gasteiger partial charge in [-0.05, 0) is 35.7 Å². The van der Waals surface area contributed by atoms with Crippen LogP contribution in [0.15, 0.2) is 77.9 Å². The minimum absolute atomic E-state index is 0.304. The molecule has 3 aromatic rings. The zero-order chi connectivity index (χ0) is 25.0. The number of anilines is 1. The fourth-order valence-electron chi connectivity index (χ4n) is 5.64. The molecule has 2 saturated heterocycles. The number of benzene rings is 3. The maximum atomic E-state index is 14.0. The van der Waals surface area contributed by atoms with Crippen LogP contribution >= 0.6 is 0 Å². The van der Waals surface area contributed by atoms with Crippen molar-refractivity contribution < 1.29 is 23.9 Å². The maximum absolute atomic E-state index is 14.0. The van der Waals surface area contributed by atoms with Gasteiger partial charge in [0.1, 0.15) is 6.04 Å². The van der Waals surface area contributed by atoms with Gasteiger partial charge in [-0.15, -0.1) is 0 Å². The van der Waals surface area contributed by atoms with Crippen LogP contribution in [-0.4, -0.2) is 55.1 Å². The van der Waals surface area contributed by atoms with Gasteiger partial charge in [-0.2, -0.15) is 5.10 Å². The Morgan fingerprint density at radius 3 is 2.44 bits per heavy atom. The molecular weight excluding hydrogens is 458 g/mol. The van der Waals surface area contributed by atoms with E-state index >= 15 is 0 Å². The molecule has 3 aromatic carbocycles. The van der Waals surface area contributed by atoms with E-state index < -0.39 is 29.8 Å². The third-order valence-electron chi connectivity index (χ3n) is 7.24. The van der Waals surface area contributed by atoms with Gasteiger partial charge in [-0.25, -0.2) is 4.90 Å². The Morgan fingerprint density at radius 1 is 0.889 bits per heavy atom. The molecule has 0 saturated carbocycles. The molecule has 0 aliphatic carbocycles. The number of carbonyl (C=O) groups excluding carboxylic acids is 3. The van der Waals surface area contributed by atoms with Crippen molar-refractivity contribution in [2.75, 3.05) is 19.1 Å². The standard InChI is InChI=1S/C28H23N3O5/c1-35-21-13-12-17(15-22(21)36-2)26(32)25-24-23(20-11-6-14-29-31(20)25)27(33)30(28(24)34)19-10-5-8-16-7-3-4-9-18(16)19/h3-15,20,23-25H,1-2H3/t20-,23-,24+,25-/m1/s1. The highest BCUT2D eigenvalue weighted by molar-refractivity contribution is 6.27. The van der Waals surface area contributed by atoms with Crippen LogP contribution in [0.4, 0.5) is 5.69 Å². The number of carbonyl (C=O) groups is 3. The number of ketones is 1. The van der Waals surface area contributed by atoms with Crippen LogP contribution in [0.3, 0.4) is 0 Å². The highest BCUT2D eigenvalue weighted by Gasteiger charge is 2.64. The average Bonchev–Trinajstić information content (AvgIpc) is 3.39. The summed E-state index contributed by atoms with van der Waals surface area (Å²) in [5.41, 5.74) is 0.885. The number of hydrogen-bond acceptors (Lipinski definition) is 7. The van der Waals surface area contributed by atoms with Crippen LogP contribution in [0.25, 0.3) is 10.8 Å². The van der Waals surface area contributed by atoms with Crippen molar-refractivity contribution in [1.29, 1.82) is 0 Å². The first-order valence-electron chi connectivity index (χ1n) is 11.7. The summed E-state index contributed by atoms with van der Waals surface area (Å²) in [7, 11) is 3.01. The van der Waals surface area contributed by atoms with Crippen molar-refractivity contribution in [1.82, 2.24) is 5.01 Å². The Hall–Kier alpha value is -4.46. The number of imide groups is 1. The quantitative estimate of drug-likeness (QED) is 0.410. The van der Waals surface area contributed by atoms with Crippen LogP contribution in [0.2, 0.25) is 0 Å². The van der Waals surface area contributed by atoms with Crippen molar-refractivity contribution in [3.63, 3.8) is 0 Å². The van der Waals surface area contributed by atoms with Crippen LogP contribution in [0.5, 0.6) is 11.5 Å². The molecule has 6 rings (SSSR count). The van der Waals surface area contributed by atoms with E-state index in [1.54, 1.807) is 41.6 Å². The Bertz CT molecular complexity index is 1470. The molecule has 3 aliphatic heterocycles. The maximum Gasteiger partial charge on any atom is 0.240 e. The summed E-state index contributed by atoms with van der Waals surface area (Å²) in [6.07, 6.45) is 5.16. The lowest BCUT2D eigenvalue weighted by molar-refractivity contribution is -0.123. The van der Waals surface area contributed by atoms with E-state index in [1.807, 2.05) is 42.5 Å². The molecule has 0 bridgehead atoms. The Balaban J connectivity index is 1.45. The highest BCUT2D eigenvalue weighted by Crippen LogP contribution is 2.47. The third-order valence-corrected chi connectivity index (χ3v) is 7.24. The lowest BCUT2D eigenvalue weighted by Gasteiger charge is -2.30. The monoisotopic (exact) mass is 481 g/mol. The molecule has 3 heterocycles. The fourth-order valence-corrected chi connectivity index (χ4v) is 5.64. The summed E-state index contributed by atoms with van der Waals surface area (Å²) in [5, 5.41) is 7.75. The van der Waals surface area contributed by atoms with E-state index in [0.717, 1.165) is 10.8 Å². The summed E-state index contributed by atoms with van der Waals surface area (Å²) >= 11 is 0. The van der Waals surface area contributed by atoms with Gasteiger partial charge in [0.15, 0.2) is 17.3 Å². The smallest absolute Gasteiger partial charge is 0.240 e. The van der Waals surface area contributed by atoms with E-state index in [9.17, 15) is 14.4 Å². The second-order valence-electron chi connectivity index (χ2n) is 8.96. The van der Waals surface area contributed by atoms with Gasteiger partial charge in [0.25, 0.3) is 0 Å². The van der Waals surface area contributed by atoms with Gasteiger partial charge < -0.3 is 9.47 Å². The lowest BCUT2D eigenvalue weighted by Crippen LogP contribution is -2.46. The molecule has 3 aliphatic rings.